The Morgan fingerprint density at radius 2 is 1.71 bits per heavy atom. The first kappa shape index (κ1) is 21.0. The molecular formula is C19H27NO. The molecular weight excluding hydrogens is 258 g/mol. The second-order valence-corrected chi connectivity index (χ2v) is 4.05. The zero-order valence-electron chi connectivity index (χ0n) is 14.1. The quantitative estimate of drug-likeness (QED) is 0.533. The summed E-state index contributed by atoms with van der Waals surface area (Å²) in [7, 11) is 1.67. The molecule has 0 saturated heterocycles. The molecule has 0 N–H and O–H groups in total. The summed E-state index contributed by atoms with van der Waals surface area (Å²) in [6, 6.07) is 10.0. The summed E-state index contributed by atoms with van der Waals surface area (Å²) in [5.41, 5.74) is 2.88. The molecule has 114 valence electrons. The lowest BCUT2D eigenvalue weighted by atomic mass is 10.2. The first-order chi connectivity index (χ1) is 10.0. The number of nitriles is 1. The molecule has 0 saturated carbocycles. The van der Waals surface area contributed by atoms with Crippen molar-refractivity contribution >= 4 is 0 Å². The number of benzene rings is 1. The van der Waals surface area contributed by atoms with E-state index >= 15 is 0 Å². The number of allylic oxidation sites excluding steroid dienone is 5. The van der Waals surface area contributed by atoms with Gasteiger partial charge in [0.05, 0.1) is 13.2 Å². The highest BCUT2D eigenvalue weighted by Gasteiger charge is 1.85. The van der Waals surface area contributed by atoms with Crippen LogP contribution in [0.15, 0.2) is 60.2 Å². The topological polar surface area (TPSA) is 33.0 Å². The summed E-state index contributed by atoms with van der Waals surface area (Å²) in [4.78, 5) is 0. The minimum absolute atomic E-state index is 0.669. The first-order valence-corrected chi connectivity index (χ1v) is 7.04. The summed E-state index contributed by atoms with van der Waals surface area (Å²) in [6.07, 6.45) is 5.33. The lowest BCUT2D eigenvalue weighted by Crippen LogP contribution is -1.80. The Morgan fingerprint density at radius 1 is 1.19 bits per heavy atom. The van der Waals surface area contributed by atoms with Crippen LogP contribution in [-0.4, -0.2) is 7.11 Å². The molecule has 1 aromatic carbocycles. The highest BCUT2D eigenvalue weighted by Crippen LogP contribution is 2.09. The molecule has 0 spiro atoms. The maximum absolute atomic E-state index is 8.44. The van der Waals surface area contributed by atoms with Crippen LogP contribution in [0.2, 0.25) is 0 Å². The van der Waals surface area contributed by atoms with Gasteiger partial charge in [-0.2, -0.15) is 5.26 Å². The van der Waals surface area contributed by atoms with Crippen LogP contribution in [0, 0.1) is 18.3 Å². The van der Waals surface area contributed by atoms with Crippen molar-refractivity contribution in [2.45, 2.75) is 34.6 Å². The van der Waals surface area contributed by atoms with Gasteiger partial charge in [-0.1, -0.05) is 55.8 Å². The third kappa shape index (κ3) is 12.5. The second-order valence-electron chi connectivity index (χ2n) is 4.05. The van der Waals surface area contributed by atoms with Crippen molar-refractivity contribution < 1.29 is 4.74 Å². The van der Waals surface area contributed by atoms with Crippen molar-refractivity contribution in [3.8, 4) is 11.8 Å². The Bertz CT molecular complexity index is 487. The minimum atomic E-state index is 0.669. The average Bonchev–Trinajstić information content (AvgIpc) is 2.51. The van der Waals surface area contributed by atoms with Crippen molar-refractivity contribution in [1.29, 1.82) is 5.26 Å². The molecule has 0 aliphatic rings. The molecule has 0 amide bonds. The number of methoxy groups -OCH3 is 1. The number of aryl methyl sites for hydroxylation is 1. The fourth-order valence-electron chi connectivity index (χ4n) is 1.10. The zero-order valence-corrected chi connectivity index (χ0v) is 14.1. The predicted molar refractivity (Wildman–Crippen MR) is 92.4 cm³/mol. The molecule has 0 bridgehead atoms. The minimum Gasteiger partial charge on any atom is -0.497 e. The van der Waals surface area contributed by atoms with Crippen molar-refractivity contribution in [3.05, 3.63) is 65.8 Å². The van der Waals surface area contributed by atoms with E-state index in [4.69, 9.17) is 10.00 Å². The second kappa shape index (κ2) is 14.1. The summed E-state index contributed by atoms with van der Waals surface area (Å²) >= 11 is 0. The summed E-state index contributed by atoms with van der Waals surface area (Å²) < 4.78 is 4.97. The SMILES string of the molecule is C=C(C)/C=C\C(C#N)=C/C.CC.COc1ccc(C)cc1. The molecule has 2 nitrogen and oxygen atoms in total. The number of rotatable bonds is 3. The van der Waals surface area contributed by atoms with Gasteiger partial charge in [0, 0.05) is 5.57 Å². The van der Waals surface area contributed by atoms with Gasteiger partial charge >= 0.3 is 0 Å². The van der Waals surface area contributed by atoms with Crippen molar-refractivity contribution in [1.82, 2.24) is 0 Å². The third-order valence-corrected chi connectivity index (χ3v) is 2.24. The third-order valence-electron chi connectivity index (χ3n) is 2.24. The maximum atomic E-state index is 8.44. The van der Waals surface area contributed by atoms with E-state index in [1.165, 1.54) is 5.56 Å². The fraction of sp³-hybridized carbons (Fsp3) is 0.316. The smallest absolute Gasteiger partial charge is 0.118 e. The number of nitrogens with zero attached hydrogens (tertiary/aromatic N) is 1. The van der Waals surface area contributed by atoms with E-state index in [1.807, 2.05) is 64.1 Å². The molecule has 1 rings (SSSR count). The van der Waals surface area contributed by atoms with Gasteiger partial charge in [0.1, 0.15) is 5.75 Å². The molecule has 0 aromatic heterocycles. The molecule has 21 heavy (non-hydrogen) atoms. The lowest BCUT2D eigenvalue weighted by molar-refractivity contribution is 0.414. The van der Waals surface area contributed by atoms with Crippen molar-refractivity contribution in [2.75, 3.05) is 7.11 Å². The van der Waals surface area contributed by atoms with E-state index in [1.54, 1.807) is 19.3 Å². The fourth-order valence-corrected chi connectivity index (χ4v) is 1.10. The lowest BCUT2D eigenvalue weighted by Gasteiger charge is -1.97. The number of hydrogen-bond acceptors (Lipinski definition) is 2. The largest absolute Gasteiger partial charge is 0.497 e. The highest BCUT2D eigenvalue weighted by atomic mass is 16.5. The molecule has 0 unspecified atom stereocenters. The van der Waals surface area contributed by atoms with Gasteiger partial charge < -0.3 is 4.74 Å². The predicted octanol–water partition coefficient (Wildman–Crippen LogP) is 5.62. The first-order valence-electron chi connectivity index (χ1n) is 7.04. The van der Waals surface area contributed by atoms with Gasteiger partial charge in [0.25, 0.3) is 0 Å². The molecule has 0 fully saturated rings. The molecule has 0 radical (unpaired) electrons. The Kier molecular flexibility index (Phi) is 14.2. The molecule has 1 aromatic rings. The highest BCUT2D eigenvalue weighted by molar-refractivity contribution is 5.35. The Morgan fingerprint density at radius 3 is 2.05 bits per heavy atom. The molecule has 0 aliphatic heterocycles. The standard InChI is InChI=1S/C9H11N.C8H10O.C2H6/c1-4-9(7-10)6-5-8(2)3;1-7-3-5-8(9-2)6-4-7;1-2/h4-6H,2H2,1,3H3;3-6H,1-2H3;1-2H3/b6-5-,9-4+;;. The zero-order chi connectivity index (χ0) is 16.7. The Hall–Kier alpha value is -2.27. The normalized spacial score (nSPS) is 9.67. The van der Waals surface area contributed by atoms with Gasteiger partial charge in [0.2, 0.25) is 0 Å². The van der Waals surface area contributed by atoms with E-state index < -0.39 is 0 Å². The summed E-state index contributed by atoms with van der Waals surface area (Å²) in [5.74, 6) is 0.917. The monoisotopic (exact) mass is 285 g/mol. The molecule has 0 heterocycles. The maximum Gasteiger partial charge on any atom is 0.118 e. The van der Waals surface area contributed by atoms with E-state index in [0.29, 0.717) is 5.57 Å². The molecule has 0 aliphatic carbocycles. The van der Waals surface area contributed by atoms with Crippen molar-refractivity contribution in [2.24, 2.45) is 0 Å². The van der Waals surface area contributed by atoms with Gasteiger partial charge in [-0.3, -0.25) is 0 Å². The number of ether oxygens (including phenoxy) is 1. The van der Waals surface area contributed by atoms with Crippen LogP contribution < -0.4 is 4.74 Å². The van der Waals surface area contributed by atoms with Crippen LogP contribution in [0.1, 0.15) is 33.3 Å². The van der Waals surface area contributed by atoms with Crippen LogP contribution in [0.25, 0.3) is 0 Å². The van der Waals surface area contributed by atoms with E-state index in [0.717, 1.165) is 11.3 Å². The van der Waals surface area contributed by atoms with Crippen LogP contribution in [0.4, 0.5) is 0 Å². The van der Waals surface area contributed by atoms with Crippen LogP contribution in [0.5, 0.6) is 5.75 Å². The Balaban J connectivity index is 0. The van der Waals surface area contributed by atoms with Gasteiger partial charge in [-0.15, -0.1) is 0 Å². The summed E-state index contributed by atoms with van der Waals surface area (Å²) in [5, 5.41) is 8.44. The van der Waals surface area contributed by atoms with Crippen LogP contribution in [0.3, 0.4) is 0 Å². The van der Waals surface area contributed by atoms with E-state index in [2.05, 4.69) is 13.5 Å². The Labute approximate surface area is 130 Å². The summed E-state index contributed by atoms with van der Waals surface area (Å²) in [6.45, 7) is 13.5. The average molecular weight is 285 g/mol. The van der Waals surface area contributed by atoms with Gasteiger partial charge in [-0.25, -0.2) is 0 Å². The van der Waals surface area contributed by atoms with Crippen molar-refractivity contribution in [3.63, 3.8) is 0 Å². The van der Waals surface area contributed by atoms with Gasteiger partial charge in [0.15, 0.2) is 0 Å². The van der Waals surface area contributed by atoms with E-state index in [9.17, 15) is 0 Å². The van der Waals surface area contributed by atoms with Crippen LogP contribution >= 0.6 is 0 Å². The van der Waals surface area contributed by atoms with Gasteiger partial charge in [-0.05, 0) is 39.0 Å². The molecule has 0 atom stereocenters. The van der Waals surface area contributed by atoms with E-state index in [-0.39, 0.29) is 0 Å². The van der Waals surface area contributed by atoms with Crippen LogP contribution in [-0.2, 0) is 0 Å². The molecule has 2 heteroatoms. The number of hydrogen-bond donors (Lipinski definition) is 0.